The first-order valence-electron chi connectivity index (χ1n) is 7.43. The van der Waals surface area contributed by atoms with Gasteiger partial charge in [0, 0.05) is 0 Å². The molecule has 0 atom stereocenters. The summed E-state index contributed by atoms with van der Waals surface area (Å²) in [4.78, 5) is 11.0. The van der Waals surface area contributed by atoms with Gasteiger partial charge in [0.25, 0.3) is 0 Å². The lowest BCUT2D eigenvalue weighted by molar-refractivity contribution is -0.133. The molecule has 5 nitrogen and oxygen atoms in total. The van der Waals surface area contributed by atoms with Crippen LogP contribution in [0.2, 0.25) is 0 Å². The van der Waals surface area contributed by atoms with Crippen LogP contribution in [0, 0.1) is 6.92 Å². The van der Waals surface area contributed by atoms with Crippen LogP contribution >= 0.6 is 23.2 Å². The van der Waals surface area contributed by atoms with Crippen molar-refractivity contribution in [3.63, 3.8) is 0 Å². The first-order valence-corrected chi connectivity index (χ1v) is 9.71. The van der Waals surface area contributed by atoms with E-state index < -0.39 is 20.9 Å². The Hall–Kier alpha value is -2.02. The minimum Gasteiger partial charge on any atom is -0.465 e. The molecule has 2 aromatic carbocycles. The van der Waals surface area contributed by atoms with Crippen LogP contribution in [0.3, 0.4) is 0 Å². The Balaban J connectivity index is 2.26. The standard InChI is InChI=1S/C18H16Cl2O5S/c1-12-3-9-15(10-4-12)26(22,23)25-14-7-5-13(6-8-14)16(11-17(19)20)18(21)24-2/h3-11,17H,1-2H3/b16-11+. The van der Waals surface area contributed by atoms with Gasteiger partial charge < -0.3 is 8.92 Å². The molecule has 0 aliphatic rings. The molecule has 0 fully saturated rings. The van der Waals surface area contributed by atoms with Gasteiger partial charge in [-0.25, -0.2) is 4.79 Å². The number of rotatable bonds is 6. The topological polar surface area (TPSA) is 69.7 Å². The van der Waals surface area contributed by atoms with Crippen molar-refractivity contribution in [2.75, 3.05) is 7.11 Å². The number of halogens is 2. The molecular weight excluding hydrogens is 399 g/mol. The Kier molecular flexibility index (Phi) is 6.69. The highest BCUT2D eigenvalue weighted by Crippen LogP contribution is 2.24. The Morgan fingerprint density at radius 1 is 1.04 bits per heavy atom. The van der Waals surface area contributed by atoms with Crippen LogP contribution in [0.25, 0.3) is 5.57 Å². The third-order valence-corrected chi connectivity index (χ3v) is 4.89. The van der Waals surface area contributed by atoms with Gasteiger partial charge in [-0.05, 0) is 42.8 Å². The largest absolute Gasteiger partial charge is 0.465 e. The molecular formula is C18H16Cl2O5S. The second-order valence-electron chi connectivity index (χ2n) is 5.28. The minimum atomic E-state index is -3.95. The van der Waals surface area contributed by atoms with Crippen molar-refractivity contribution in [3.8, 4) is 5.75 Å². The fourth-order valence-corrected chi connectivity index (χ4v) is 3.27. The molecule has 0 saturated carbocycles. The van der Waals surface area contributed by atoms with Crippen molar-refractivity contribution >= 4 is 44.9 Å². The van der Waals surface area contributed by atoms with E-state index in [2.05, 4.69) is 0 Å². The van der Waals surface area contributed by atoms with Crippen LogP contribution in [-0.2, 0) is 19.6 Å². The second-order valence-corrected chi connectivity index (χ2v) is 7.99. The molecule has 2 aromatic rings. The number of aryl methyl sites for hydroxylation is 1. The number of carbonyl (C=O) groups is 1. The van der Waals surface area contributed by atoms with Crippen molar-refractivity contribution in [2.45, 2.75) is 16.7 Å². The lowest BCUT2D eigenvalue weighted by Gasteiger charge is -2.10. The predicted octanol–water partition coefficient (Wildman–Crippen LogP) is 4.12. The molecule has 0 aliphatic carbocycles. The first kappa shape index (κ1) is 20.3. The molecule has 0 saturated heterocycles. The molecule has 0 aliphatic heterocycles. The van der Waals surface area contributed by atoms with Crippen molar-refractivity contribution in [1.82, 2.24) is 0 Å². The molecule has 0 heterocycles. The summed E-state index contributed by atoms with van der Waals surface area (Å²) in [6.45, 7) is 1.86. The van der Waals surface area contributed by atoms with Crippen LogP contribution < -0.4 is 4.18 Å². The van der Waals surface area contributed by atoms with Crippen LogP contribution in [0.5, 0.6) is 5.75 Å². The van der Waals surface area contributed by atoms with Gasteiger partial charge in [-0.3, -0.25) is 0 Å². The highest BCUT2D eigenvalue weighted by Gasteiger charge is 2.18. The van der Waals surface area contributed by atoms with Gasteiger partial charge in [0.1, 0.15) is 15.5 Å². The smallest absolute Gasteiger partial charge is 0.339 e. The normalized spacial score (nSPS) is 12.1. The summed E-state index contributed by atoms with van der Waals surface area (Å²) in [6, 6.07) is 12.2. The molecule has 0 radical (unpaired) electrons. The molecule has 0 N–H and O–H groups in total. The van der Waals surface area contributed by atoms with E-state index in [4.69, 9.17) is 32.1 Å². The fourth-order valence-electron chi connectivity index (χ4n) is 2.09. The summed E-state index contributed by atoms with van der Waals surface area (Å²) in [5.41, 5.74) is 1.56. The van der Waals surface area contributed by atoms with E-state index in [1.165, 1.54) is 49.6 Å². The number of allylic oxidation sites excluding steroid dienone is 1. The quantitative estimate of drug-likeness (QED) is 0.307. The summed E-state index contributed by atoms with van der Waals surface area (Å²) in [5, 5.41) is 0. The van der Waals surface area contributed by atoms with Crippen molar-refractivity contribution in [2.24, 2.45) is 0 Å². The number of esters is 1. The third-order valence-electron chi connectivity index (χ3n) is 3.38. The van der Waals surface area contributed by atoms with E-state index in [-0.39, 0.29) is 16.2 Å². The number of carbonyl (C=O) groups excluding carboxylic acids is 1. The number of ether oxygens (including phenoxy) is 1. The number of hydrogen-bond acceptors (Lipinski definition) is 5. The van der Waals surface area contributed by atoms with E-state index in [9.17, 15) is 13.2 Å². The molecule has 0 bridgehead atoms. The maximum atomic E-state index is 12.3. The third kappa shape index (κ3) is 5.24. The molecule has 0 amide bonds. The van der Waals surface area contributed by atoms with Gasteiger partial charge in [-0.15, -0.1) is 23.2 Å². The average molecular weight is 415 g/mol. The Morgan fingerprint density at radius 3 is 2.12 bits per heavy atom. The zero-order chi connectivity index (χ0) is 19.3. The summed E-state index contributed by atoms with van der Waals surface area (Å²) < 4.78 is 34.4. The van der Waals surface area contributed by atoms with E-state index in [0.29, 0.717) is 5.56 Å². The zero-order valence-corrected chi connectivity index (χ0v) is 16.3. The predicted molar refractivity (Wildman–Crippen MR) is 101 cm³/mol. The van der Waals surface area contributed by atoms with E-state index in [0.717, 1.165) is 5.56 Å². The van der Waals surface area contributed by atoms with Crippen LogP contribution in [0.15, 0.2) is 59.5 Å². The second kappa shape index (κ2) is 8.58. The molecule has 0 spiro atoms. The van der Waals surface area contributed by atoms with Gasteiger partial charge in [0.15, 0.2) is 0 Å². The van der Waals surface area contributed by atoms with Crippen LogP contribution in [-0.4, -0.2) is 26.3 Å². The summed E-state index contributed by atoms with van der Waals surface area (Å²) in [5.74, 6) is -0.510. The molecule has 0 aromatic heterocycles. The van der Waals surface area contributed by atoms with Crippen molar-refractivity contribution in [1.29, 1.82) is 0 Å². The maximum absolute atomic E-state index is 12.3. The van der Waals surface area contributed by atoms with Gasteiger partial charge in [0.2, 0.25) is 0 Å². The highest BCUT2D eigenvalue weighted by atomic mass is 35.5. The Labute approximate surface area is 162 Å². The lowest BCUT2D eigenvalue weighted by Crippen LogP contribution is -2.10. The van der Waals surface area contributed by atoms with E-state index in [1.807, 2.05) is 6.92 Å². The first-order chi connectivity index (χ1) is 12.2. The molecule has 138 valence electrons. The van der Waals surface area contributed by atoms with Gasteiger partial charge in [0.05, 0.1) is 12.7 Å². The minimum absolute atomic E-state index is 0.0504. The number of alkyl halides is 2. The van der Waals surface area contributed by atoms with E-state index >= 15 is 0 Å². The Morgan fingerprint density at radius 2 is 1.62 bits per heavy atom. The van der Waals surface area contributed by atoms with Gasteiger partial charge in [-0.1, -0.05) is 29.8 Å². The maximum Gasteiger partial charge on any atom is 0.339 e. The zero-order valence-electron chi connectivity index (χ0n) is 14.0. The van der Waals surface area contributed by atoms with E-state index in [1.54, 1.807) is 12.1 Å². The Bertz CT molecular complexity index is 902. The summed E-state index contributed by atoms with van der Waals surface area (Å²) >= 11 is 11.4. The van der Waals surface area contributed by atoms with Crippen LogP contribution in [0.4, 0.5) is 0 Å². The van der Waals surface area contributed by atoms with Gasteiger partial charge >= 0.3 is 16.1 Å². The van der Waals surface area contributed by atoms with Crippen molar-refractivity contribution < 1.29 is 22.1 Å². The lowest BCUT2D eigenvalue weighted by atomic mass is 10.1. The monoisotopic (exact) mass is 414 g/mol. The SMILES string of the molecule is COC(=O)/C(=C/C(Cl)Cl)c1ccc(OS(=O)(=O)c2ccc(C)cc2)cc1. The molecule has 2 rings (SSSR count). The number of hydrogen-bond donors (Lipinski definition) is 0. The molecule has 26 heavy (non-hydrogen) atoms. The summed E-state index contributed by atoms with van der Waals surface area (Å²) in [7, 11) is -2.72. The summed E-state index contributed by atoms with van der Waals surface area (Å²) in [6.07, 6.45) is 1.33. The van der Waals surface area contributed by atoms with Crippen LogP contribution in [0.1, 0.15) is 11.1 Å². The number of methoxy groups -OCH3 is 1. The highest BCUT2D eigenvalue weighted by molar-refractivity contribution is 7.87. The van der Waals surface area contributed by atoms with Crippen molar-refractivity contribution in [3.05, 3.63) is 65.7 Å². The average Bonchev–Trinajstić information content (AvgIpc) is 2.60. The number of benzene rings is 2. The fraction of sp³-hybridized carbons (Fsp3) is 0.167. The molecule has 8 heteroatoms. The van der Waals surface area contributed by atoms with Gasteiger partial charge in [-0.2, -0.15) is 8.42 Å². The molecule has 0 unspecified atom stereocenters.